The van der Waals surface area contributed by atoms with E-state index in [2.05, 4.69) is 36.9 Å². The van der Waals surface area contributed by atoms with Gasteiger partial charge < -0.3 is 24.5 Å². The predicted molar refractivity (Wildman–Crippen MR) is 127 cm³/mol. The fraction of sp³-hybridized carbons (Fsp3) is 0.731. The van der Waals surface area contributed by atoms with Crippen molar-refractivity contribution in [3.63, 3.8) is 0 Å². The Balaban J connectivity index is 1.44. The summed E-state index contributed by atoms with van der Waals surface area (Å²) in [6.45, 7) is 11.8. The number of rotatable bonds is 3. The van der Waals surface area contributed by atoms with Crippen molar-refractivity contribution in [2.75, 3.05) is 40.3 Å². The third kappa shape index (κ3) is 4.49. The predicted octanol–water partition coefficient (Wildman–Crippen LogP) is 3.86. The van der Waals surface area contributed by atoms with Crippen molar-refractivity contribution in [3.05, 3.63) is 29.3 Å². The number of benzene rings is 1. The topological polar surface area (TPSA) is 56.2 Å². The number of piperidine rings is 2. The Morgan fingerprint density at radius 2 is 1.94 bits per heavy atom. The molecular formula is C26H41N3O3. The normalized spacial score (nSPS) is 29.2. The van der Waals surface area contributed by atoms with Crippen molar-refractivity contribution in [1.82, 2.24) is 14.7 Å². The molecule has 1 amide bonds. The fourth-order valence-corrected chi connectivity index (χ4v) is 6.37. The molecule has 0 spiro atoms. The Hall–Kier alpha value is -1.79. The number of fused-ring (bicyclic) bond motifs is 4. The largest absolute Gasteiger partial charge is 0.508 e. The van der Waals surface area contributed by atoms with Gasteiger partial charge in [0.1, 0.15) is 11.4 Å². The second kappa shape index (κ2) is 8.53. The molecule has 2 bridgehead atoms. The lowest BCUT2D eigenvalue weighted by Crippen LogP contribution is -2.66. The number of amides is 1. The summed E-state index contributed by atoms with van der Waals surface area (Å²) in [5.41, 5.74) is 2.31. The summed E-state index contributed by atoms with van der Waals surface area (Å²) in [6, 6.07) is 6.87. The minimum absolute atomic E-state index is 0.0372. The number of hydrogen-bond acceptors (Lipinski definition) is 5. The van der Waals surface area contributed by atoms with E-state index < -0.39 is 5.60 Å². The summed E-state index contributed by atoms with van der Waals surface area (Å²) in [7, 11) is 4.54. The summed E-state index contributed by atoms with van der Waals surface area (Å²) in [6.07, 6.45) is 3.99. The highest BCUT2D eigenvalue weighted by atomic mass is 16.6. The fourth-order valence-electron chi connectivity index (χ4n) is 6.37. The van der Waals surface area contributed by atoms with Crippen LogP contribution in [0.15, 0.2) is 18.2 Å². The maximum Gasteiger partial charge on any atom is 0.410 e. The molecule has 4 rings (SSSR count). The van der Waals surface area contributed by atoms with E-state index >= 15 is 0 Å². The zero-order valence-electron chi connectivity index (χ0n) is 20.7. The lowest BCUT2D eigenvalue weighted by Gasteiger charge is -2.58. The zero-order chi connectivity index (χ0) is 23.3. The summed E-state index contributed by atoms with van der Waals surface area (Å²) in [5.74, 6) is 0.956. The Labute approximate surface area is 193 Å². The van der Waals surface area contributed by atoms with Crippen LogP contribution >= 0.6 is 0 Å². The van der Waals surface area contributed by atoms with Crippen LogP contribution in [0, 0.1) is 5.92 Å². The number of likely N-dealkylation sites (tertiary alicyclic amines) is 2. The smallest absolute Gasteiger partial charge is 0.410 e. The first-order valence-corrected chi connectivity index (χ1v) is 12.2. The van der Waals surface area contributed by atoms with Gasteiger partial charge in [0.15, 0.2) is 0 Å². The number of likely N-dealkylation sites (N-methyl/N-ethyl adjacent to an activating group) is 2. The standard InChI is InChI=1S/C26H41N3O3/c1-25(2,3)32-24(31)29-12-9-18(10-13-29)17-28(6)23-22-15-19-7-8-20(30)16-21(19)26(23,4)11-14-27(22)5/h7-8,16,18,22-23,30H,9-15,17H2,1-6H3/t22?,23-,26+/m0/s1. The molecule has 32 heavy (non-hydrogen) atoms. The average molecular weight is 444 g/mol. The van der Waals surface area contributed by atoms with Gasteiger partial charge in [-0.2, -0.15) is 0 Å². The molecule has 1 N–H and O–H groups in total. The van der Waals surface area contributed by atoms with E-state index in [-0.39, 0.29) is 11.5 Å². The van der Waals surface area contributed by atoms with Gasteiger partial charge in [0.25, 0.3) is 0 Å². The number of phenols is 1. The molecule has 1 aromatic carbocycles. The van der Waals surface area contributed by atoms with Crippen molar-refractivity contribution >= 4 is 6.09 Å². The van der Waals surface area contributed by atoms with Crippen LogP contribution < -0.4 is 0 Å². The van der Waals surface area contributed by atoms with E-state index in [0.717, 1.165) is 51.9 Å². The van der Waals surface area contributed by atoms with Crippen LogP contribution in [0.5, 0.6) is 5.75 Å². The summed E-state index contributed by atoms with van der Waals surface area (Å²) >= 11 is 0. The quantitative estimate of drug-likeness (QED) is 0.769. The van der Waals surface area contributed by atoms with Gasteiger partial charge in [0.2, 0.25) is 0 Å². The number of nitrogens with zero attached hydrogens (tertiary/aromatic N) is 3. The van der Waals surface area contributed by atoms with Crippen molar-refractivity contribution in [1.29, 1.82) is 0 Å². The molecule has 6 heteroatoms. The maximum atomic E-state index is 12.4. The van der Waals surface area contributed by atoms with Crippen LogP contribution in [0.4, 0.5) is 4.79 Å². The number of phenolic OH excluding ortho intramolecular Hbond substituents is 1. The van der Waals surface area contributed by atoms with Gasteiger partial charge in [-0.1, -0.05) is 13.0 Å². The van der Waals surface area contributed by atoms with Crippen LogP contribution in [-0.4, -0.2) is 83.9 Å². The Morgan fingerprint density at radius 1 is 1.25 bits per heavy atom. The SMILES string of the molecule is CN1CC[C@]2(C)c3cc(O)ccc3CC1[C@@H]2N(C)CC1CCN(C(=O)OC(C)(C)C)CC1. The van der Waals surface area contributed by atoms with E-state index in [9.17, 15) is 9.90 Å². The Bertz CT molecular complexity index is 843. The summed E-state index contributed by atoms with van der Waals surface area (Å²) in [5, 5.41) is 10.2. The van der Waals surface area contributed by atoms with Crippen LogP contribution in [0.3, 0.4) is 0 Å². The lowest BCUT2D eigenvalue weighted by molar-refractivity contribution is -0.0104. The van der Waals surface area contributed by atoms with Crippen molar-refractivity contribution in [2.45, 2.75) is 76.5 Å². The molecule has 0 radical (unpaired) electrons. The highest BCUT2D eigenvalue weighted by Crippen LogP contribution is 2.47. The molecule has 2 fully saturated rings. The first-order valence-electron chi connectivity index (χ1n) is 12.2. The molecule has 1 aromatic rings. The Morgan fingerprint density at radius 3 is 2.59 bits per heavy atom. The van der Waals surface area contributed by atoms with Gasteiger partial charge in [0, 0.05) is 37.1 Å². The second-order valence-electron chi connectivity index (χ2n) is 11.6. The Kier molecular flexibility index (Phi) is 6.23. The van der Waals surface area contributed by atoms with E-state index in [1.54, 1.807) is 0 Å². The molecule has 2 saturated heterocycles. The van der Waals surface area contributed by atoms with Gasteiger partial charge in [0.05, 0.1) is 0 Å². The van der Waals surface area contributed by atoms with E-state index in [1.807, 2.05) is 37.8 Å². The highest BCUT2D eigenvalue weighted by molar-refractivity contribution is 5.68. The molecule has 1 aliphatic carbocycles. The average Bonchev–Trinajstić information content (AvgIpc) is 2.71. The number of carbonyl (C=O) groups excluding carboxylic acids is 1. The molecule has 1 unspecified atom stereocenters. The number of ether oxygens (including phenoxy) is 1. The molecule has 3 atom stereocenters. The first-order chi connectivity index (χ1) is 15.0. The summed E-state index contributed by atoms with van der Waals surface area (Å²) in [4.78, 5) is 19.4. The van der Waals surface area contributed by atoms with Gasteiger partial charge in [-0.25, -0.2) is 4.79 Å². The van der Waals surface area contributed by atoms with Crippen molar-refractivity contribution in [3.8, 4) is 5.75 Å². The lowest BCUT2D eigenvalue weighted by atomic mass is 9.61. The van der Waals surface area contributed by atoms with Crippen LogP contribution in [0.2, 0.25) is 0 Å². The molecule has 0 aromatic heterocycles. The molecule has 0 saturated carbocycles. The number of carbonyl (C=O) groups is 1. The van der Waals surface area contributed by atoms with Gasteiger partial charge in [-0.05, 0) is 96.3 Å². The van der Waals surface area contributed by atoms with Crippen molar-refractivity contribution < 1.29 is 14.6 Å². The van der Waals surface area contributed by atoms with Crippen LogP contribution in [0.25, 0.3) is 0 Å². The highest BCUT2D eigenvalue weighted by Gasteiger charge is 2.51. The minimum Gasteiger partial charge on any atom is -0.508 e. The van der Waals surface area contributed by atoms with Gasteiger partial charge in [-0.3, -0.25) is 0 Å². The monoisotopic (exact) mass is 443 g/mol. The third-order valence-corrected chi connectivity index (χ3v) is 7.99. The van der Waals surface area contributed by atoms with Crippen LogP contribution in [0.1, 0.15) is 58.1 Å². The third-order valence-electron chi connectivity index (χ3n) is 7.99. The minimum atomic E-state index is -0.445. The molecule has 178 valence electrons. The molecule has 2 heterocycles. The molecule has 2 aliphatic heterocycles. The molecule has 3 aliphatic rings. The zero-order valence-corrected chi connectivity index (χ0v) is 20.7. The summed E-state index contributed by atoms with van der Waals surface area (Å²) < 4.78 is 5.56. The van der Waals surface area contributed by atoms with Gasteiger partial charge >= 0.3 is 6.09 Å². The molecule has 6 nitrogen and oxygen atoms in total. The number of aromatic hydroxyl groups is 1. The van der Waals surface area contributed by atoms with E-state index in [1.165, 1.54) is 11.1 Å². The molecular weight excluding hydrogens is 402 g/mol. The van der Waals surface area contributed by atoms with Gasteiger partial charge in [-0.15, -0.1) is 0 Å². The van der Waals surface area contributed by atoms with E-state index in [4.69, 9.17) is 4.74 Å². The van der Waals surface area contributed by atoms with Crippen LogP contribution in [-0.2, 0) is 16.6 Å². The number of hydrogen-bond donors (Lipinski definition) is 1. The van der Waals surface area contributed by atoms with E-state index in [0.29, 0.717) is 23.8 Å². The first kappa shape index (κ1) is 23.4. The second-order valence-corrected chi connectivity index (χ2v) is 11.6. The van der Waals surface area contributed by atoms with Crippen molar-refractivity contribution in [2.24, 2.45) is 5.92 Å². The maximum absolute atomic E-state index is 12.4.